The second-order valence-electron chi connectivity index (χ2n) is 5.31. The lowest BCUT2D eigenvalue weighted by molar-refractivity contribution is 0.0759. The number of benzene rings is 2. The van der Waals surface area contributed by atoms with Crippen LogP contribution in [-0.2, 0) is 6.54 Å². The van der Waals surface area contributed by atoms with Crippen LogP contribution in [0.5, 0.6) is 11.5 Å². The number of rotatable bonds is 4. The lowest BCUT2D eigenvalue weighted by Gasteiger charge is -2.22. The topological polar surface area (TPSA) is 38.8 Å². The van der Waals surface area contributed by atoms with Crippen molar-refractivity contribution in [2.24, 2.45) is 0 Å². The Labute approximate surface area is 143 Å². The van der Waals surface area contributed by atoms with Crippen LogP contribution in [0.25, 0.3) is 0 Å². The number of halogens is 2. The zero-order valence-corrected chi connectivity index (χ0v) is 13.9. The van der Waals surface area contributed by atoms with Gasteiger partial charge in [0.05, 0.1) is 19.8 Å². The first-order chi connectivity index (χ1) is 11.5. The summed E-state index contributed by atoms with van der Waals surface area (Å²) in [7, 11) is 3.03. The predicted octanol–water partition coefficient (Wildman–Crippen LogP) is 3.57. The molecule has 1 atom stereocenters. The van der Waals surface area contributed by atoms with E-state index in [4.69, 9.17) is 9.47 Å². The Bertz CT molecular complexity index is 813. The molecule has 0 saturated carbocycles. The van der Waals surface area contributed by atoms with Crippen molar-refractivity contribution in [3.05, 3.63) is 58.7 Å². The summed E-state index contributed by atoms with van der Waals surface area (Å²) in [5, 5.41) is -0.851. The van der Waals surface area contributed by atoms with E-state index in [1.165, 1.54) is 19.1 Å². The van der Waals surface area contributed by atoms with Gasteiger partial charge in [-0.05, 0) is 29.8 Å². The van der Waals surface area contributed by atoms with E-state index in [-0.39, 0.29) is 17.7 Å². The third-order valence-corrected chi connectivity index (χ3v) is 4.51. The molecule has 1 aliphatic rings. The molecule has 1 heterocycles. The molecule has 3 rings (SSSR count). The highest BCUT2D eigenvalue weighted by Crippen LogP contribution is 2.40. The number of ether oxygens (including phenoxy) is 2. The van der Waals surface area contributed by atoms with E-state index >= 15 is 0 Å². The quantitative estimate of drug-likeness (QED) is 0.856. The number of carbonyl (C=O) groups is 1. The van der Waals surface area contributed by atoms with Gasteiger partial charge >= 0.3 is 0 Å². The molecule has 24 heavy (non-hydrogen) atoms. The van der Waals surface area contributed by atoms with E-state index < -0.39 is 22.9 Å². The lowest BCUT2D eigenvalue weighted by Crippen LogP contribution is -2.25. The van der Waals surface area contributed by atoms with Crippen molar-refractivity contribution in [2.45, 2.75) is 11.9 Å². The summed E-state index contributed by atoms with van der Waals surface area (Å²) in [6.07, 6.45) is 0. The van der Waals surface area contributed by atoms with Crippen molar-refractivity contribution >= 4 is 18.5 Å². The van der Waals surface area contributed by atoms with Crippen LogP contribution in [0.2, 0.25) is 0 Å². The van der Waals surface area contributed by atoms with Crippen molar-refractivity contribution in [3.8, 4) is 11.5 Å². The molecular formula is C17H15F2NO3S. The Hall–Kier alpha value is -2.28. The Morgan fingerprint density at radius 3 is 2.38 bits per heavy atom. The highest BCUT2D eigenvalue weighted by atomic mass is 32.1. The molecule has 0 spiro atoms. The molecule has 0 aliphatic carbocycles. The lowest BCUT2D eigenvalue weighted by atomic mass is 10.1. The van der Waals surface area contributed by atoms with Gasteiger partial charge in [-0.2, -0.15) is 0 Å². The molecule has 126 valence electrons. The molecule has 0 saturated heterocycles. The van der Waals surface area contributed by atoms with Gasteiger partial charge in [0.1, 0.15) is 17.0 Å². The predicted molar refractivity (Wildman–Crippen MR) is 87.5 cm³/mol. The van der Waals surface area contributed by atoms with Gasteiger partial charge in [-0.25, -0.2) is 8.78 Å². The second-order valence-corrected chi connectivity index (χ2v) is 5.80. The Balaban J connectivity index is 1.94. The first kappa shape index (κ1) is 16.6. The van der Waals surface area contributed by atoms with Crippen LogP contribution < -0.4 is 9.47 Å². The summed E-state index contributed by atoms with van der Waals surface area (Å²) in [5.74, 6) is -0.916. The van der Waals surface area contributed by atoms with Crippen molar-refractivity contribution < 1.29 is 23.0 Å². The molecule has 1 amide bonds. The minimum atomic E-state index is -0.851. The maximum absolute atomic E-state index is 14.0. The summed E-state index contributed by atoms with van der Waals surface area (Å²) in [6.45, 7) is 0.140. The maximum atomic E-state index is 14.0. The number of hydrogen-bond acceptors (Lipinski definition) is 4. The van der Waals surface area contributed by atoms with Crippen LogP contribution in [0.15, 0.2) is 30.3 Å². The van der Waals surface area contributed by atoms with Crippen LogP contribution in [0, 0.1) is 11.6 Å². The molecule has 0 fully saturated rings. The summed E-state index contributed by atoms with van der Waals surface area (Å²) in [4.78, 5) is 13.8. The third-order valence-electron chi connectivity index (χ3n) is 3.97. The molecule has 4 nitrogen and oxygen atoms in total. The zero-order valence-electron chi connectivity index (χ0n) is 13.0. The highest BCUT2D eigenvalue weighted by Gasteiger charge is 2.39. The van der Waals surface area contributed by atoms with Crippen molar-refractivity contribution in [3.63, 3.8) is 0 Å². The number of hydrogen-bond donors (Lipinski definition) is 1. The van der Waals surface area contributed by atoms with Crippen LogP contribution in [-0.4, -0.2) is 25.0 Å². The molecule has 1 aliphatic heterocycles. The minimum absolute atomic E-state index is 0.0242. The number of amides is 1. The highest BCUT2D eigenvalue weighted by molar-refractivity contribution is 7.80. The smallest absolute Gasteiger partial charge is 0.258 e. The third kappa shape index (κ3) is 2.58. The van der Waals surface area contributed by atoms with E-state index in [2.05, 4.69) is 12.6 Å². The van der Waals surface area contributed by atoms with E-state index in [9.17, 15) is 13.6 Å². The van der Waals surface area contributed by atoms with E-state index in [0.29, 0.717) is 11.5 Å². The summed E-state index contributed by atoms with van der Waals surface area (Å²) >= 11 is 4.30. The molecular weight excluding hydrogens is 336 g/mol. The summed E-state index contributed by atoms with van der Waals surface area (Å²) < 4.78 is 38.3. The number of carbonyl (C=O) groups excluding carboxylic acids is 1. The van der Waals surface area contributed by atoms with E-state index in [1.807, 2.05) is 0 Å². The first-order valence-corrected chi connectivity index (χ1v) is 7.67. The molecule has 0 aromatic heterocycles. The summed E-state index contributed by atoms with van der Waals surface area (Å²) in [5.41, 5.74) is 0.452. The average molecular weight is 351 g/mol. The van der Waals surface area contributed by atoms with Gasteiger partial charge in [-0.15, -0.1) is 12.6 Å². The number of nitrogens with zero attached hydrogens (tertiary/aromatic N) is 1. The van der Waals surface area contributed by atoms with Crippen LogP contribution >= 0.6 is 12.6 Å². The van der Waals surface area contributed by atoms with Crippen molar-refractivity contribution in [1.82, 2.24) is 4.90 Å². The fourth-order valence-corrected chi connectivity index (χ4v) is 3.22. The largest absolute Gasteiger partial charge is 0.493 e. The van der Waals surface area contributed by atoms with E-state index in [0.717, 1.165) is 17.7 Å². The Kier molecular flexibility index (Phi) is 4.36. The van der Waals surface area contributed by atoms with Gasteiger partial charge in [0, 0.05) is 12.1 Å². The molecule has 0 N–H and O–H groups in total. The Morgan fingerprint density at radius 2 is 1.75 bits per heavy atom. The number of thiol groups is 1. The van der Waals surface area contributed by atoms with Crippen molar-refractivity contribution in [2.75, 3.05) is 14.2 Å². The fourth-order valence-electron chi connectivity index (χ4n) is 2.78. The van der Waals surface area contributed by atoms with E-state index in [1.54, 1.807) is 18.2 Å². The van der Waals surface area contributed by atoms with Crippen molar-refractivity contribution in [1.29, 1.82) is 0 Å². The molecule has 2 aromatic carbocycles. The van der Waals surface area contributed by atoms with Crippen LogP contribution in [0.1, 0.15) is 26.9 Å². The monoisotopic (exact) mass is 351 g/mol. The normalized spacial score (nSPS) is 16.3. The van der Waals surface area contributed by atoms with Gasteiger partial charge in [0.2, 0.25) is 0 Å². The summed E-state index contributed by atoms with van der Waals surface area (Å²) in [6, 6.07) is 7.13. The van der Waals surface area contributed by atoms with Gasteiger partial charge in [0.15, 0.2) is 11.5 Å². The zero-order chi connectivity index (χ0) is 17.4. The minimum Gasteiger partial charge on any atom is -0.493 e. The fraction of sp³-hybridized carbons (Fsp3) is 0.235. The van der Waals surface area contributed by atoms with Crippen LogP contribution in [0.3, 0.4) is 0 Å². The number of fused-ring (bicyclic) bond motifs is 1. The standard InChI is InChI=1S/C17H15F2NO3S/c1-22-12-6-3-9(7-13(12)23-2)8-20-16(21)14-10(18)4-5-11(19)15(14)17(20)24/h3-7,17,24H,8H2,1-2H3. The van der Waals surface area contributed by atoms with Gasteiger partial charge in [-0.1, -0.05) is 6.07 Å². The Morgan fingerprint density at radius 1 is 1.08 bits per heavy atom. The van der Waals surface area contributed by atoms with Gasteiger partial charge in [-0.3, -0.25) is 4.79 Å². The molecule has 0 bridgehead atoms. The molecule has 2 aromatic rings. The van der Waals surface area contributed by atoms with Gasteiger partial charge in [0.25, 0.3) is 5.91 Å². The first-order valence-electron chi connectivity index (χ1n) is 7.15. The SMILES string of the molecule is COc1ccc(CN2C(=O)c3c(F)ccc(F)c3C2S)cc1OC. The van der Waals surface area contributed by atoms with Crippen LogP contribution in [0.4, 0.5) is 8.78 Å². The molecule has 1 unspecified atom stereocenters. The maximum Gasteiger partial charge on any atom is 0.258 e. The molecule has 0 radical (unpaired) electrons. The average Bonchev–Trinajstić information content (AvgIpc) is 2.84. The molecule has 7 heteroatoms. The number of methoxy groups -OCH3 is 2. The second kappa shape index (κ2) is 6.32. The van der Waals surface area contributed by atoms with Gasteiger partial charge < -0.3 is 14.4 Å².